The van der Waals surface area contributed by atoms with Crippen molar-refractivity contribution >= 4 is 21.7 Å². The lowest BCUT2D eigenvalue weighted by atomic mass is 10.2. The van der Waals surface area contributed by atoms with E-state index in [2.05, 4.69) is 38.1 Å². The van der Waals surface area contributed by atoms with E-state index in [4.69, 9.17) is 0 Å². The molecule has 0 fully saturated rings. The molecule has 0 aliphatic carbocycles. The van der Waals surface area contributed by atoms with Gasteiger partial charge in [-0.05, 0) is 40.9 Å². The van der Waals surface area contributed by atoms with Gasteiger partial charge in [0.2, 0.25) is 0 Å². The van der Waals surface area contributed by atoms with Gasteiger partial charge < -0.3 is 5.32 Å². The highest BCUT2D eigenvalue weighted by molar-refractivity contribution is 9.10. The SMILES string of the molecule is CCCNc1ccc(Cn2c(C)ncc(Br)c2=O)cn1. The van der Waals surface area contributed by atoms with Crippen LogP contribution >= 0.6 is 15.9 Å². The molecular formula is C14H17BrN4O. The molecule has 1 N–H and O–H groups in total. The van der Waals surface area contributed by atoms with Gasteiger partial charge in [0.1, 0.15) is 16.1 Å². The van der Waals surface area contributed by atoms with Crippen LogP contribution in [-0.2, 0) is 6.54 Å². The Bertz CT molecular complexity index is 637. The molecule has 2 heterocycles. The number of nitrogens with zero attached hydrogens (tertiary/aromatic N) is 3. The number of pyridine rings is 1. The minimum Gasteiger partial charge on any atom is -0.370 e. The van der Waals surface area contributed by atoms with Crippen LogP contribution in [0.15, 0.2) is 33.8 Å². The van der Waals surface area contributed by atoms with Crippen molar-refractivity contribution < 1.29 is 0 Å². The topological polar surface area (TPSA) is 59.8 Å². The first-order valence-corrected chi connectivity index (χ1v) is 7.32. The van der Waals surface area contributed by atoms with Crippen LogP contribution in [0.25, 0.3) is 0 Å². The highest BCUT2D eigenvalue weighted by Crippen LogP contribution is 2.08. The molecule has 0 aliphatic rings. The molecule has 0 radical (unpaired) electrons. The Morgan fingerprint density at radius 1 is 1.30 bits per heavy atom. The van der Waals surface area contributed by atoms with Crippen molar-refractivity contribution in [3.8, 4) is 0 Å². The predicted molar refractivity (Wildman–Crippen MR) is 83.1 cm³/mol. The van der Waals surface area contributed by atoms with E-state index < -0.39 is 0 Å². The van der Waals surface area contributed by atoms with Crippen molar-refractivity contribution in [1.29, 1.82) is 0 Å². The van der Waals surface area contributed by atoms with E-state index in [1.807, 2.05) is 19.1 Å². The molecule has 2 aromatic heterocycles. The number of hydrogen-bond acceptors (Lipinski definition) is 4. The molecule has 0 spiro atoms. The zero-order chi connectivity index (χ0) is 14.5. The van der Waals surface area contributed by atoms with E-state index in [0.29, 0.717) is 16.8 Å². The van der Waals surface area contributed by atoms with Crippen LogP contribution in [0.2, 0.25) is 0 Å². The van der Waals surface area contributed by atoms with Crippen LogP contribution in [0, 0.1) is 6.92 Å². The van der Waals surface area contributed by atoms with Crippen molar-refractivity contribution in [2.24, 2.45) is 0 Å². The minimum absolute atomic E-state index is 0.0781. The molecule has 0 amide bonds. The van der Waals surface area contributed by atoms with Gasteiger partial charge in [-0.1, -0.05) is 13.0 Å². The first-order chi connectivity index (χ1) is 9.61. The number of nitrogens with one attached hydrogen (secondary N) is 1. The summed E-state index contributed by atoms with van der Waals surface area (Å²) in [6.07, 6.45) is 4.37. The molecule has 0 atom stereocenters. The number of aryl methyl sites for hydroxylation is 1. The Kier molecular flexibility index (Phi) is 4.89. The largest absolute Gasteiger partial charge is 0.370 e. The summed E-state index contributed by atoms with van der Waals surface area (Å²) >= 11 is 3.21. The van der Waals surface area contributed by atoms with Gasteiger partial charge in [-0.3, -0.25) is 9.36 Å². The summed E-state index contributed by atoms with van der Waals surface area (Å²) in [5.74, 6) is 1.54. The van der Waals surface area contributed by atoms with Crippen LogP contribution in [0.5, 0.6) is 0 Å². The maximum Gasteiger partial charge on any atom is 0.268 e. The van der Waals surface area contributed by atoms with E-state index in [-0.39, 0.29) is 5.56 Å². The number of halogens is 1. The Balaban J connectivity index is 2.18. The zero-order valence-corrected chi connectivity index (χ0v) is 13.1. The smallest absolute Gasteiger partial charge is 0.268 e. The molecule has 2 rings (SSSR count). The lowest BCUT2D eigenvalue weighted by Gasteiger charge is -2.10. The van der Waals surface area contributed by atoms with Crippen LogP contribution in [0.1, 0.15) is 24.7 Å². The van der Waals surface area contributed by atoms with E-state index >= 15 is 0 Å². The van der Waals surface area contributed by atoms with Gasteiger partial charge in [0, 0.05) is 18.9 Å². The summed E-state index contributed by atoms with van der Waals surface area (Å²) in [6.45, 7) is 5.30. The molecule has 6 heteroatoms. The molecule has 0 unspecified atom stereocenters. The van der Waals surface area contributed by atoms with Crippen molar-refractivity contribution in [2.45, 2.75) is 26.8 Å². The third-order valence-corrected chi connectivity index (χ3v) is 3.47. The Labute approximate surface area is 126 Å². The van der Waals surface area contributed by atoms with Gasteiger partial charge in [-0.25, -0.2) is 9.97 Å². The molecule has 0 aromatic carbocycles. The van der Waals surface area contributed by atoms with Gasteiger partial charge in [0.05, 0.1) is 6.54 Å². The normalized spacial score (nSPS) is 10.6. The fourth-order valence-electron chi connectivity index (χ4n) is 1.80. The first kappa shape index (κ1) is 14.7. The second-order valence-corrected chi connectivity index (χ2v) is 5.38. The fraction of sp³-hybridized carbons (Fsp3) is 0.357. The second-order valence-electron chi connectivity index (χ2n) is 4.52. The van der Waals surface area contributed by atoms with E-state index in [1.54, 1.807) is 10.8 Å². The Morgan fingerprint density at radius 3 is 2.75 bits per heavy atom. The molecular weight excluding hydrogens is 320 g/mol. The van der Waals surface area contributed by atoms with Crippen molar-refractivity contribution in [3.63, 3.8) is 0 Å². The Hall–Kier alpha value is -1.69. The molecule has 0 bridgehead atoms. The molecule has 0 saturated heterocycles. The molecule has 5 nitrogen and oxygen atoms in total. The molecule has 106 valence electrons. The van der Waals surface area contributed by atoms with Crippen LogP contribution < -0.4 is 10.9 Å². The standard InChI is InChI=1S/C14H17BrN4O/c1-3-6-16-13-5-4-11(7-18-13)9-19-10(2)17-8-12(15)14(19)20/h4-5,7-8H,3,6,9H2,1-2H3,(H,16,18). The summed E-state index contributed by atoms with van der Waals surface area (Å²) < 4.78 is 2.09. The van der Waals surface area contributed by atoms with E-state index in [9.17, 15) is 4.79 Å². The quantitative estimate of drug-likeness (QED) is 0.911. The molecule has 20 heavy (non-hydrogen) atoms. The lowest BCUT2D eigenvalue weighted by molar-refractivity contribution is 0.693. The van der Waals surface area contributed by atoms with Crippen LogP contribution in [-0.4, -0.2) is 21.1 Å². The summed E-state index contributed by atoms with van der Waals surface area (Å²) in [5.41, 5.74) is 0.892. The summed E-state index contributed by atoms with van der Waals surface area (Å²) in [6, 6.07) is 3.90. The number of aromatic nitrogens is 3. The third kappa shape index (κ3) is 3.45. The van der Waals surface area contributed by atoms with Gasteiger partial charge >= 0.3 is 0 Å². The van der Waals surface area contributed by atoms with Gasteiger partial charge in [0.15, 0.2) is 0 Å². The van der Waals surface area contributed by atoms with Crippen molar-refractivity contribution in [3.05, 3.63) is 50.7 Å². The van der Waals surface area contributed by atoms with Crippen molar-refractivity contribution in [2.75, 3.05) is 11.9 Å². The number of hydrogen-bond donors (Lipinski definition) is 1. The van der Waals surface area contributed by atoms with Gasteiger partial charge in [-0.2, -0.15) is 0 Å². The number of anilines is 1. The Morgan fingerprint density at radius 2 is 2.10 bits per heavy atom. The van der Waals surface area contributed by atoms with Gasteiger partial charge in [-0.15, -0.1) is 0 Å². The summed E-state index contributed by atoms with van der Waals surface area (Å²) in [4.78, 5) is 20.6. The van der Waals surface area contributed by atoms with Gasteiger partial charge in [0.25, 0.3) is 5.56 Å². The summed E-state index contributed by atoms with van der Waals surface area (Å²) in [7, 11) is 0. The average molecular weight is 337 g/mol. The molecule has 0 aliphatic heterocycles. The molecule has 0 saturated carbocycles. The van der Waals surface area contributed by atoms with Crippen molar-refractivity contribution in [1.82, 2.24) is 14.5 Å². The predicted octanol–water partition coefficient (Wildman–Crippen LogP) is 2.58. The third-order valence-electron chi connectivity index (χ3n) is 2.93. The monoisotopic (exact) mass is 336 g/mol. The number of rotatable bonds is 5. The second kappa shape index (κ2) is 6.65. The average Bonchev–Trinajstić information content (AvgIpc) is 2.47. The highest BCUT2D eigenvalue weighted by atomic mass is 79.9. The lowest BCUT2D eigenvalue weighted by Crippen LogP contribution is -2.24. The first-order valence-electron chi connectivity index (χ1n) is 6.52. The van der Waals surface area contributed by atoms with Crippen LogP contribution in [0.3, 0.4) is 0 Å². The highest BCUT2D eigenvalue weighted by Gasteiger charge is 2.06. The maximum absolute atomic E-state index is 12.0. The summed E-state index contributed by atoms with van der Waals surface area (Å²) in [5, 5.41) is 3.22. The van der Waals surface area contributed by atoms with E-state index in [0.717, 1.165) is 24.3 Å². The maximum atomic E-state index is 12.0. The zero-order valence-electron chi connectivity index (χ0n) is 11.6. The van der Waals surface area contributed by atoms with E-state index in [1.165, 1.54) is 6.20 Å². The molecule has 2 aromatic rings. The fourth-order valence-corrected chi connectivity index (χ4v) is 2.11. The minimum atomic E-state index is -0.0781. The van der Waals surface area contributed by atoms with Crippen LogP contribution in [0.4, 0.5) is 5.82 Å².